The number of phenols is 3. The van der Waals surface area contributed by atoms with Gasteiger partial charge in [0, 0.05) is 18.7 Å². The SMILES string of the molecule is COC(C)(C)CCc1c(O)cc(O)c2c1OC(c1ccc(O)cc1)CC2=O. The predicted octanol–water partition coefficient (Wildman–Crippen LogP) is 3.87. The smallest absolute Gasteiger partial charge is 0.174 e. The van der Waals surface area contributed by atoms with E-state index in [-0.39, 0.29) is 40.8 Å². The fourth-order valence-corrected chi connectivity index (χ4v) is 3.17. The lowest BCUT2D eigenvalue weighted by Crippen LogP contribution is -2.24. The molecule has 0 aromatic heterocycles. The third-order valence-corrected chi connectivity index (χ3v) is 5.04. The quantitative estimate of drug-likeness (QED) is 0.737. The van der Waals surface area contributed by atoms with Gasteiger partial charge in [-0.1, -0.05) is 12.1 Å². The second kappa shape index (κ2) is 7.12. The summed E-state index contributed by atoms with van der Waals surface area (Å²) in [7, 11) is 1.62. The number of hydrogen-bond donors (Lipinski definition) is 3. The number of fused-ring (bicyclic) bond motifs is 1. The van der Waals surface area contributed by atoms with Crippen molar-refractivity contribution < 1.29 is 29.6 Å². The van der Waals surface area contributed by atoms with Gasteiger partial charge in [0.25, 0.3) is 0 Å². The minimum Gasteiger partial charge on any atom is -0.508 e. The maximum absolute atomic E-state index is 12.7. The molecule has 144 valence electrons. The van der Waals surface area contributed by atoms with E-state index in [1.807, 2.05) is 13.8 Å². The largest absolute Gasteiger partial charge is 0.508 e. The van der Waals surface area contributed by atoms with E-state index in [0.29, 0.717) is 18.4 Å². The molecule has 0 fully saturated rings. The highest BCUT2D eigenvalue weighted by molar-refractivity contribution is 6.03. The summed E-state index contributed by atoms with van der Waals surface area (Å²) in [6.07, 6.45) is 0.528. The van der Waals surface area contributed by atoms with Crippen molar-refractivity contribution in [2.24, 2.45) is 0 Å². The molecule has 1 aliphatic heterocycles. The van der Waals surface area contributed by atoms with E-state index in [2.05, 4.69) is 0 Å². The Kier molecular flexibility index (Phi) is 5.02. The number of carbonyl (C=O) groups excluding carboxylic acids is 1. The third-order valence-electron chi connectivity index (χ3n) is 5.04. The average Bonchev–Trinajstić information content (AvgIpc) is 2.61. The van der Waals surface area contributed by atoms with E-state index in [4.69, 9.17) is 9.47 Å². The third kappa shape index (κ3) is 3.85. The van der Waals surface area contributed by atoms with Gasteiger partial charge in [-0.2, -0.15) is 0 Å². The minimum atomic E-state index is -0.555. The molecule has 0 spiro atoms. The Balaban J connectivity index is 2.00. The van der Waals surface area contributed by atoms with E-state index >= 15 is 0 Å². The van der Waals surface area contributed by atoms with Crippen LogP contribution in [0.5, 0.6) is 23.0 Å². The zero-order chi connectivity index (χ0) is 19.8. The molecule has 2 aromatic carbocycles. The summed E-state index contributed by atoms with van der Waals surface area (Å²) in [5.74, 6) is -0.310. The summed E-state index contributed by atoms with van der Waals surface area (Å²) in [5.41, 5.74) is 0.905. The summed E-state index contributed by atoms with van der Waals surface area (Å²) in [4.78, 5) is 12.7. The monoisotopic (exact) mass is 372 g/mol. The number of Topliss-reactive ketones (excluding diaryl/α,β-unsaturated/α-hetero) is 1. The van der Waals surface area contributed by atoms with Gasteiger partial charge in [0.15, 0.2) is 5.78 Å². The van der Waals surface area contributed by atoms with Crippen molar-refractivity contribution in [2.45, 2.75) is 44.8 Å². The van der Waals surface area contributed by atoms with Crippen LogP contribution in [0.4, 0.5) is 0 Å². The number of rotatable bonds is 5. The van der Waals surface area contributed by atoms with Crippen LogP contribution in [0.15, 0.2) is 30.3 Å². The van der Waals surface area contributed by atoms with Gasteiger partial charge in [-0.25, -0.2) is 0 Å². The second-order valence-corrected chi connectivity index (χ2v) is 7.39. The number of carbonyl (C=O) groups is 1. The Morgan fingerprint density at radius 3 is 2.44 bits per heavy atom. The van der Waals surface area contributed by atoms with Crippen LogP contribution in [0, 0.1) is 0 Å². The number of ketones is 1. The summed E-state index contributed by atoms with van der Waals surface area (Å²) in [5, 5.41) is 30.0. The summed E-state index contributed by atoms with van der Waals surface area (Å²) in [6.45, 7) is 3.87. The topological polar surface area (TPSA) is 96.2 Å². The lowest BCUT2D eigenvalue weighted by molar-refractivity contribution is 0.0155. The summed E-state index contributed by atoms with van der Waals surface area (Å²) in [6, 6.07) is 7.63. The first-order chi connectivity index (χ1) is 12.7. The summed E-state index contributed by atoms with van der Waals surface area (Å²) >= 11 is 0. The van der Waals surface area contributed by atoms with Crippen molar-refractivity contribution in [3.8, 4) is 23.0 Å². The summed E-state index contributed by atoms with van der Waals surface area (Å²) < 4.78 is 11.5. The van der Waals surface area contributed by atoms with Crippen molar-refractivity contribution in [3.63, 3.8) is 0 Å². The zero-order valence-corrected chi connectivity index (χ0v) is 15.7. The van der Waals surface area contributed by atoms with E-state index in [1.165, 1.54) is 18.2 Å². The van der Waals surface area contributed by atoms with Gasteiger partial charge < -0.3 is 24.8 Å². The molecular weight excluding hydrogens is 348 g/mol. The molecule has 0 amide bonds. The normalized spacial score (nSPS) is 16.7. The molecule has 6 heteroatoms. The van der Waals surface area contributed by atoms with Crippen molar-refractivity contribution in [1.29, 1.82) is 0 Å². The number of methoxy groups -OCH3 is 1. The Bertz CT molecular complexity index is 854. The molecule has 3 rings (SSSR count). The van der Waals surface area contributed by atoms with Crippen LogP contribution in [0.2, 0.25) is 0 Å². The molecular formula is C21H24O6. The molecule has 3 N–H and O–H groups in total. The Morgan fingerprint density at radius 1 is 1.15 bits per heavy atom. The van der Waals surface area contributed by atoms with E-state index in [1.54, 1.807) is 19.2 Å². The van der Waals surface area contributed by atoms with Crippen molar-refractivity contribution in [2.75, 3.05) is 7.11 Å². The predicted molar refractivity (Wildman–Crippen MR) is 99.6 cm³/mol. The van der Waals surface area contributed by atoms with Gasteiger partial charge >= 0.3 is 0 Å². The molecule has 2 aromatic rings. The number of ether oxygens (including phenoxy) is 2. The van der Waals surface area contributed by atoms with E-state index < -0.39 is 11.7 Å². The molecule has 1 unspecified atom stereocenters. The molecule has 0 radical (unpaired) electrons. The Hall–Kier alpha value is -2.73. The molecule has 1 atom stereocenters. The van der Waals surface area contributed by atoms with Crippen LogP contribution in [0.3, 0.4) is 0 Å². The highest BCUT2D eigenvalue weighted by Crippen LogP contribution is 2.46. The molecule has 0 aliphatic carbocycles. The highest BCUT2D eigenvalue weighted by Gasteiger charge is 2.34. The molecule has 0 saturated carbocycles. The van der Waals surface area contributed by atoms with Crippen molar-refractivity contribution in [1.82, 2.24) is 0 Å². The number of hydrogen-bond acceptors (Lipinski definition) is 6. The van der Waals surface area contributed by atoms with Gasteiger partial charge in [-0.15, -0.1) is 0 Å². The molecule has 1 aliphatic rings. The molecule has 0 saturated heterocycles. The maximum atomic E-state index is 12.7. The van der Waals surface area contributed by atoms with Crippen LogP contribution in [0.25, 0.3) is 0 Å². The minimum absolute atomic E-state index is 0.0686. The maximum Gasteiger partial charge on any atom is 0.174 e. The number of aromatic hydroxyl groups is 3. The lowest BCUT2D eigenvalue weighted by Gasteiger charge is -2.29. The van der Waals surface area contributed by atoms with Gasteiger partial charge in [-0.3, -0.25) is 4.79 Å². The number of phenolic OH excluding ortho intramolecular Hbond substituents is 3. The van der Waals surface area contributed by atoms with Gasteiger partial charge in [0.1, 0.15) is 34.7 Å². The van der Waals surface area contributed by atoms with Crippen LogP contribution < -0.4 is 4.74 Å². The first-order valence-corrected chi connectivity index (χ1v) is 8.83. The second-order valence-electron chi connectivity index (χ2n) is 7.39. The Morgan fingerprint density at radius 2 is 1.81 bits per heavy atom. The van der Waals surface area contributed by atoms with Crippen LogP contribution in [-0.2, 0) is 11.2 Å². The van der Waals surface area contributed by atoms with E-state index in [9.17, 15) is 20.1 Å². The zero-order valence-electron chi connectivity index (χ0n) is 15.7. The molecule has 0 bridgehead atoms. The number of benzene rings is 2. The standard InChI is InChI=1S/C21H24O6/c1-21(2,26-3)9-8-14-15(23)10-16(24)19-17(25)11-18(27-20(14)19)12-4-6-13(22)7-5-12/h4-7,10,18,22-24H,8-9,11H2,1-3H3. The van der Waals surface area contributed by atoms with Crippen LogP contribution in [0.1, 0.15) is 54.3 Å². The van der Waals surface area contributed by atoms with Crippen LogP contribution in [-0.4, -0.2) is 33.8 Å². The van der Waals surface area contributed by atoms with E-state index in [0.717, 1.165) is 5.56 Å². The average molecular weight is 372 g/mol. The molecule has 6 nitrogen and oxygen atoms in total. The van der Waals surface area contributed by atoms with Crippen molar-refractivity contribution in [3.05, 3.63) is 47.0 Å². The first-order valence-electron chi connectivity index (χ1n) is 8.83. The van der Waals surface area contributed by atoms with Crippen molar-refractivity contribution >= 4 is 5.78 Å². The first kappa shape index (κ1) is 19.0. The van der Waals surface area contributed by atoms with Gasteiger partial charge in [0.2, 0.25) is 0 Å². The fourth-order valence-electron chi connectivity index (χ4n) is 3.17. The molecule has 27 heavy (non-hydrogen) atoms. The Labute approximate surface area is 158 Å². The van der Waals surface area contributed by atoms with Gasteiger partial charge in [0.05, 0.1) is 12.0 Å². The fraction of sp³-hybridized carbons (Fsp3) is 0.381. The van der Waals surface area contributed by atoms with Gasteiger partial charge in [-0.05, 0) is 44.4 Å². The van der Waals surface area contributed by atoms with Crippen LogP contribution >= 0.6 is 0 Å². The molecule has 1 heterocycles. The highest BCUT2D eigenvalue weighted by atomic mass is 16.5. The lowest BCUT2D eigenvalue weighted by atomic mass is 9.90.